The molecule has 0 spiro atoms. The molecular weight excluding hydrogens is 316 g/mol. The van der Waals surface area contributed by atoms with E-state index in [2.05, 4.69) is 81.2 Å². The highest BCUT2D eigenvalue weighted by Gasteiger charge is 2.22. The molecular formula is C19H20N4S. The molecule has 0 bridgehead atoms. The summed E-state index contributed by atoms with van der Waals surface area (Å²) in [5, 5.41) is 9.84. The summed E-state index contributed by atoms with van der Waals surface area (Å²) in [7, 11) is 0. The van der Waals surface area contributed by atoms with Gasteiger partial charge in [-0.3, -0.25) is 9.47 Å². The molecule has 3 aromatic rings. The van der Waals surface area contributed by atoms with Gasteiger partial charge in [0.2, 0.25) is 0 Å². The first-order valence-electron chi connectivity index (χ1n) is 8.19. The van der Waals surface area contributed by atoms with Gasteiger partial charge < -0.3 is 0 Å². The van der Waals surface area contributed by atoms with Crippen molar-refractivity contribution in [2.75, 3.05) is 12.4 Å². The molecule has 1 aliphatic rings. The average molecular weight is 336 g/mol. The zero-order valence-electron chi connectivity index (χ0n) is 13.7. The number of hydrogen-bond acceptors (Lipinski definition) is 4. The van der Waals surface area contributed by atoms with Crippen molar-refractivity contribution in [2.24, 2.45) is 0 Å². The molecule has 0 amide bonds. The number of benzene rings is 2. The monoisotopic (exact) mass is 336 g/mol. The molecule has 122 valence electrons. The van der Waals surface area contributed by atoms with E-state index in [9.17, 15) is 0 Å². The highest BCUT2D eigenvalue weighted by atomic mass is 32.2. The molecule has 5 heteroatoms. The second-order valence-electron chi connectivity index (χ2n) is 6.09. The van der Waals surface area contributed by atoms with Gasteiger partial charge in [0.25, 0.3) is 0 Å². The van der Waals surface area contributed by atoms with E-state index in [1.807, 2.05) is 0 Å². The quantitative estimate of drug-likeness (QED) is 0.725. The Morgan fingerprint density at radius 1 is 1.00 bits per heavy atom. The first-order chi connectivity index (χ1) is 11.8. The predicted molar refractivity (Wildman–Crippen MR) is 97.8 cm³/mol. The standard InChI is InChI=1S/C19H20N4S/c1-15-7-5-6-10-17(15)18-20-21-19-23(18)13-22(14-24-19)12-11-16-8-3-2-4-9-16/h2-10H,11-14H2,1H3. The maximum absolute atomic E-state index is 4.45. The third-order valence-electron chi connectivity index (χ3n) is 4.38. The number of nitrogens with zero attached hydrogens (tertiary/aromatic N) is 4. The third-order valence-corrected chi connectivity index (χ3v) is 5.43. The van der Waals surface area contributed by atoms with E-state index in [-0.39, 0.29) is 0 Å². The van der Waals surface area contributed by atoms with E-state index in [4.69, 9.17) is 0 Å². The van der Waals surface area contributed by atoms with Gasteiger partial charge in [0.1, 0.15) is 0 Å². The van der Waals surface area contributed by atoms with Gasteiger partial charge in [-0.2, -0.15) is 0 Å². The van der Waals surface area contributed by atoms with Gasteiger partial charge in [-0.15, -0.1) is 10.2 Å². The topological polar surface area (TPSA) is 34.0 Å². The summed E-state index contributed by atoms with van der Waals surface area (Å²) in [5.74, 6) is 1.94. The number of hydrogen-bond donors (Lipinski definition) is 0. The highest BCUT2D eigenvalue weighted by molar-refractivity contribution is 7.99. The first-order valence-corrected chi connectivity index (χ1v) is 9.18. The van der Waals surface area contributed by atoms with Crippen LogP contribution < -0.4 is 0 Å². The molecule has 1 aliphatic heterocycles. The number of aryl methyl sites for hydroxylation is 1. The van der Waals surface area contributed by atoms with E-state index in [0.29, 0.717) is 0 Å². The van der Waals surface area contributed by atoms with Crippen LogP contribution in [0, 0.1) is 6.92 Å². The van der Waals surface area contributed by atoms with Crippen LogP contribution in [-0.4, -0.2) is 32.1 Å². The number of rotatable bonds is 4. The average Bonchev–Trinajstić information content (AvgIpc) is 3.04. The maximum Gasteiger partial charge on any atom is 0.193 e. The van der Waals surface area contributed by atoms with Crippen molar-refractivity contribution in [1.82, 2.24) is 19.7 Å². The molecule has 2 aromatic carbocycles. The van der Waals surface area contributed by atoms with Crippen LogP contribution in [0.25, 0.3) is 11.4 Å². The van der Waals surface area contributed by atoms with Gasteiger partial charge in [0, 0.05) is 12.1 Å². The largest absolute Gasteiger partial charge is 0.288 e. The minimum Gasteiger partial charge on any atom is -0.288 e. The zero-order valence-corrected chi connectivity index (χ0v) is 14.5. The van der Waals surface area contributed by atoms with Crippen LogP contribution in [0.15, 0.2) is 59.8 Å². The highest BCUT2D eigenvalue weighted by Crippen LogP contribution is 2.30. The van der Waals surface area contributed by atoms with Crippen LogP contribution in [0.2, 0.25) is 0 Å². The zero-order chi connectivity index (χ0) is 16.4. The van der Waals surface area contributed by atoms with E-state index in [1.165, 1.54) is 16.7 Å². The van der Waals surface area contributed by atoms with E-state index >= 15 is 0 Å². The van der Waals surface area contributed by atoms with Crippen molar-refractivity contribution in [3.05, 3.63) is 65.7 Å². The van der Waals surface area contributed by atoms with Crippen LogP contribution in [0.3, 0.4) is 0 Å². The smallest absolute Gasteiger partial charge is 0.193 e. The van der Waals surface area contributed by atoms with Crippen molar-refractivity contribution in [3.63, 3.8) is 0 Å². The Labute approximate surface area is 146 Å². The molecule has 2 heterocycles. The predicted octanol–water partition coefficient (Wildman–Crippen LogP) is 3.82. The summed E-state index contributed by atoms with van der Waals surface area (Å²) in [6.07, 6.45) is 1.07. The van der Waals surface area contributed by atoms with E-state index in [1.54, 1.807) is 11.8 Å². The Morgan fingerprint density at radius 2 is 1.79 bits per heavy atom. The van der Waals surface area contributed by atoms with Crippen LogP contribution >= 0.6 is 11.8 Å². The fourth-order valence-electron chi connectivity index (χ4n) is 3.00. The molecule has 1 aromatic heterocycles. The number of aromatic nitrogens is 3. The molecule has 4 nitrogen and oxygen atoms in total. The molecule has 0 N–H and O–H groups in total. The molecule has 24 heavy (non-hydrogen) atoms. The van der Waals surface area contributed by atoms with E-state index < -0.39 is 0 Å². The van der Waals surface area contributed by atoms with Gasteiger partial charge >= 0.3 is 0 Å². The van der Waals surface area contributed by atoms with Crippen molar-refractivity contribution < 1.29 is 0 Å². The van der Waals surface area contributed by atoms with E-state index in [0.717, 1.165) is 36.5 Å². The van der Waals surface area contributed by atoms with Crippen LogP contribution in [0.1, 0.15) is 11.1 Å². The van der Waals surface area contributed by atoms with Gasteiger partial charge in [0.15, 0.2) is 11.0 Å². The van der Waals surface area contributed by atoms with Gasteiger partial charge in [-0.25, -0.2) is 0 Å². The van der Waals surface area contributed by atoms with Gasteiger partial charge in [-0.05, 0) is 24.5 Å². The Balaban J connectivity index is 1.52. The lowest BCUT2D eigenvalue weighted by Gasteiger charge is -2.27. The summed E-state index contributed by atoms with van der Waals surface area (Å²) >= 11 is 1.77. The fraction of sp³-hybridized carbons (Fsp3) is 0.263. The molecule has 0 saturated carbocycles. The minimum atomic E-state index is 0.853. The molecule has 0 atom stereocenters. The summed E-state index contributed by atoms with van der Waals surface area (Å²) in [6, 6.07) is 19.0. The second kappa shape index (κ2) is 6.79. The van der Waals surface area contributed by atoms with Crippen LogP contribution in [-0.2, 0) is 13.1 Å². The Morgan fingerprint density at radius 3 is 2.62 bits per heavy atom. The summed E-state index contributed by atoms with van der Waals surface area (Å²) in [4.78, 5) is 2.45. The van der Waals surface area contributed by atoms with Crippen molar-refractivity contribution in [1.29, 1.82) is 0 Å². The van der Waals surface area contributed by atoms with Crippen molar-refractivity contribution >= 4 is 11.8 Å². The van der Waals surface area contributed by atoms with Gasteiger partial charge in [0.05, 0.1) is 12.5 Å². The molecule has 0 radical (unpaired) electrons. The normalized spacial score (nSPS) is 14.5. The summed E-state index contributed by atoms with van der Waals surface area (Å²) in [5.41, 5.74) is 3.79. The Bertz CT molecular complexity index is 828. The number of fused-ring (bicyclic) bond motifs is 1. The van der Waals surface area contributed by atoms with Crippen molar-refractivity contribution in [2.45, 2.75) is 25.2 Å². The Kier molecular flexibility index (Phi) is 4.36. The molecule has 0 aliphatic carbocycles. The number of thioether (sulfide) groups is 1. The van der Waals surface area contributed by atoms with Crippen LogP contribution in [0.5, 0.6) is 0 Å². The molecule has 0 saturated heterocycles. The molecule has 4 rings (SSSR count). The van der Waals surface area contributed by atoms with Crippen molar-refractivity contribution in [3.8, 4) is 11.4 Å². The maximum atomic E-state index is 4.45. The minimum absolute atomic E-state index is 0.853. The second-order valence-corrected chi connectivity index (χ2v) is 7.01. The molecule has 0 unspecified atom stereocenters. The molecule has 0 fully saturated rings. The fourth-order valence-corrected chi connectivity index (χ4v) is 3.91. The third kappa shape index (κ3) is 3.09. The van der Waals surface area contributed by atoms with Gasteiger partial charge in [-0.1, -0.05) is 66.4 Å². The van der Waals surface area contributed by atoms with Crippen LogP contribution in [0.4, 0.5) is 0 Å². The lowest BCUT2D eigenvalue weighted by molar-refractivity contribution is 0.242. The Hall–Kier alpha value is -2.11. The lowest BCUT2D eigenvalue weighted by Crippen LogP contribution is -2.32. The summed E-state index contributed by atoms with van der Waals surface area (Å²) < 4.78 is 2.24. The lowest BCUT2D eigenvalue weighted by atomic mass is 10.1. The SMILES string of the molecule is Cc1ccccc1-c1nnc2n1CN(CCc1ccccc1)CS2. The summed E-state index contributed by atoms with van der Waals surface area (Å²) in [6.45, 7) is 4.02. The first kappa shape index (κ1) is 15.4.